The highest BCUT2D eigenvalue weighted by Crippen LogP contribution is 2.24. The fourth-order valence-corrected chi connectivity index (χ4v) is 2.92. The molecule has 0 aromatic heterocycles. The Balaban J connectivity index is 2.05. The molecule has 1 saturated heterocycles. The van der Waals surface area contributed by atoms with Crippen molar-refractivity contribution in [2.24, 2.45) is 5.84 Å². The molecule has 0 spiro atoms. The molecule has 0 amide bonds. The maximum Gasteiger partial charge on any atom is 0.124 e. The van der Waals surface area contributed by atoms with Gasteiger partial charge >= 0.3 is 0 Å². The van der Waals surface area contributed by atoms with Crippen LogP contribution < -0.4 is 11.3 Å². The van der Waals surface area contributed by atoms with E-state index in [0.29, 0.717) is 6.42 Å². The summed E-state index contributed by atoms with van der Waals surface area (Å²) in [6.45, 7) is 2.06. The van der Waals surface area contributed by atoms with Crippen LogP contribution in [0.2, 0.25) is 0 Å². The number of nitrogens with two attached hydrogens (primary N) is 1. The van der Waals surface area contributed by atoms with Crippen molar-refractivity contribution in [1.29, 1.82) is 0 Å². The van der Waals surface area contributed by atoms with Crippen molar-refractivity contribution in [3.05, 3.63) is 34.1 Å². The smallest absolute Gasteiger partial charge is 0.124 e. The Morgan fingerprint density at radius 2 is 2.28 bits per heavy atom. The molecule has 3 nitrogen and oxygen atoms in total. The molecule has 18 heavy (non-hydrogen) atoms. The summed E-state index contributed by atoms with van der Waals surface area (Å²) >= 11 is 3.29. The van der Waals surface area contributed by atoms with Gasteiger partial charge in [-0.3, -0.25) is 11.3 Å². The van der Waals surface area contributed by atoms with Gasteiger partial charge in [0.15, 0.2) is 0 Å². The van der Waals surface area contributed by atoms with E-state index >= 15 is 0 Å². The third-order valence-electron chi connectivity index (χ3n) is 3.31. The van der Waals surface area contributed by atoms with Crippen molar-refractivity contribution >= 4 is 15.9 Å². The normalized spacial score (nSPS) is 25.3. The number of hydrogen-bond acceptors (Lipinski definition) is 3. The van der Waals surface area contributed by atoms with Crippen molar-refractivity contribution in [2.45, 2.75) is 44.4 Å². The minimum Gasteiger partial charge on any atom is -0.374 e. The monoisotopic (exact) mass is 316 g/mol. The van der Waals surface area contributed by atoms with Crippen molar-refractivity contribution in [1.82, 2.24) is 5.43 Å². The van der Waals surface area contributed by atoms with Gasteiger partial charge in [0.05, 0.1) is 18.2 Å². The minimum absolute atomic E-state index is 0.0173. The number of hydrazine groups is 1. The molecule has 1 aliphatic rings. The van der Waals surface area contributed by atoms with E-state index in [0.717, 1.165) is 22.9 Å². The van der Waals surface area contributed by atoms with Gasteiger partial charge in [-0.25, -0.2) is 4.39 Å². The molecule has 1 fully saturated rings. The SMILES string of the molecule is CC1CCC(C(Cc2cc(F)cc(Br)c2)NN)O1. The molecular formula is C13H18BrFN2O. The Kier molecular flexibility index (Phi) is 4.72. The highest BCUT2D eigenvalue weighted by atomic mass is 79.9. The lowest BCUT2D eigenvalue weighted by atomic mass is 10.00. The second kappa shape index (κ2) is 6.10. The average Bonchev–Trinajstić information content (AvgIpc) is 2.71. The summed E-state index contributed by atoms with van der Waals surface area (Å²) < 4.78 is 19.9. The highest BCUT2D eigenvalue weighted by molar-refractivity contribution is 9.10. The predicted octanol–water partition coefficient (Wildman–Crippen LogP) is 2.53. The van der Waals surface area contributed by atoms with E-state index in [2.05, 4.69) is 28.3 Å². The molecule has 2 rings (SSSR count). The van der Waals surface area contributed by atoms with Gasteiger partial charge in [-0.1, -0.05) is 15.9 Å². The summed E-state index contributed by atoms with van der Waals surface area (Å²) in [5.41, 5.74) is 3.70. The van der Waals surface area contributed by atoms with E-state index in [1.54, 1.807) is 0 Å². The van der Waals surface area contributed by atoms with Crippen LogP contribution in [-0.2, 0) is 11.2 Å². The van der Waals surface area contributed by atoms with Crippen LogP contribution in [0, 0.1) is 5.82 Å². The first kappa shape index (κ1) is 13.9. The van der Waals surface area contributed by atoms with E-state index in [1.807, 2.05) is 6.07 Å². The Bertz CT molecular complexity index is 396. The largest absolute Gasteiger partial charge is 0.374 e. The molecule has 100 valence electrons. The van der Waals surface area contributed by atoms with Crippen molar-refractivity contribution in [3.8, 4) is 0 Å². The van der Waals surface area contributed by atoms with E-state index < -0.39 is 0 Å². The summed E-state index contributed by atoms with van der Waals surface area (Å²) in [5.74, 6) is 5.35. The Morgan fingerprint density at radius 1 is 1.50 bits per heavy atom. The summed E-state index contributed by atoms with van der Waals surface area (Å²) in [5, 5.41) is 0. The third-order valence-corrected chi connectivity index (χ3v) is 3.76. The van der Waals surface area contributed by atoms with Gasteiger partial charge in [-0.15, -0.1) is 0 Å². The number of rotatable bonds is 4. The molecule has 1 aromatic rings. The lowest BCUT2D eigenvalue weighted by molar-refractivity contribution is 0.0320. The zero-order valence-corrected chi connectivity index (χ0v) is 11.9. The third kappa shape index (κ3) is 3.51. The van der Waals surface area contributed by atoms with Crippen LogP contribution in [0.3, 0.4) is 0 Å². The number of benzene rings is 1. The number of hydrogen-bond donors (Lipinski definition) is 2. The van der Waals surface area contributed by atoms with Crippen LogP contribution in [0.5, 0.6) is 0 Å². The summed E-state index contributed by atoms with van der Waals surface area (Å²) in [4.78, 5) is 0. The second-order valence-electron chi connectivity index (χ2n) is 4.82. The lowest BCUT2D eigenvalue weighted by Gasteiger charge is -2.23. The molecule has 0 aliphatic carbocycles. The topological polar surface area (TPSA) is 47.3 Å². The van der Waals surface area contributed by atoms with Gasteiger partial charge in [0.2, 0.25) is 0 Å². The molecule has 0 bridgehead atoms. The summed E-state index contributed by atoms with van der Waals surface area (Å²) in [6, 6.07) is 4.91. The molecule has 0 radical (unpaired) electrons. The van der Waals surface area contributed by atoms with Gasteiger partial charge in [0, 0.05) is 4.47 Å². The first-order valence-electron chi connectivity index (χ1n) is 6.15. The fourth-order valence-electron chi connectivity index (χ4n) is 2.41. The summed E-state index contributed by atoms with van der Waals surface area (Å²) in [7, 11) is 0. The molecule has 3 atom stereocenters. The van der Waals surface area contributed by atoms with Gasteiger partial charge in [-0.2, -0.15) is 0 Å². The number of nitrogens with one attached hydrogen (secondary N) is 1. The zero-order chi connectivity index (χ0) is 13.1. The highest BCUT2D eigenvalue weighted by Gasteiger charge is 2.29. The van der Waals surface area contributed by atoms with Crippen molar-refractivity contribution in [2.75, 3.05) is 0 Å². The van der Waals surface area contributed by atoms with Crippen LogP contribution in [0.25, 0.3) is 0 Å². The van der Waals surface area contributed by atoms with E-state index in [9.17, 15) is 4.39 Å². The predicted molar refractivity (Wildman–Crippen MR) is 72.5 cm³/mol. The maximum atomic E-state index is 13.3. The Hall–Kier alpha value is -0.490. The lowest BCUT2D eigenvalue weighted by Crippen LogP contribution is -2.45. The van der Waals surface area contributed by atoms with Gasteiger partial charge in [-0.05, 0) is 49.9 Å². The fraction of sp³-hybridized carbons (Fsp3) is 0.538. The zero-order valence-electron chi connectivity index (χ0n) is 10.3. The van der Waals surface area contributed by atoms with E-state index in [-0.39, 0.29) is 24.1 Å². The average molecular weight is 317 g/mol. The summed E-state index contributed by atoms with van der Waals surface area (Å²) in [6.07, 6.45) is 3.09. The number of ether oxygens (including phenoxy) is 1. The maximum absolute atomic E-state index is 13.3. The van der Waals surface area contributed by atoms with E-state index in [1.165, 1.54) is 12.1 Å². The molecule has 5 heteroatoms. The first-order valence-corrected chi connectivity index (χ1v) is 6.94. The quantitative estimate of drug-likeness (QED) is 0.663. The molecule has 0 saturated carbocycles. The Labute approximate surface area is 115 Å². The molecule has 3 unspecified atom stereocenters. The van der Waals surface area contributed by atoms with Crippen molar-refractivity contribution < 1.29 is 9.13 Å². The Morgan fingerprint density at radius 3 is 2.83 bits per heavy atom. The molecule has 1 aliphatic heterocycles. The van der Waals surface area contributed by atoms with Crippen LogP contribution in [0.1, 0.15) is 25.3 Å². The van der Waals surface area contributed by atoms with E-state index in [4.69, 9.17) is 10.6 Å². The number of halogens is 2. The van der Waals surface area contributed by atoms with Crippen molar-refractivity contribution in [3.63, 3.8) is 0 Å². The second-order valence-corrected chi connectivity index (χ2v) is 5.73. The minimum atomic E-state index is -0.240. The van der Waals surface area contributed by atoms with Crippen LogP contribution in [0.15, 0.2) is 22.7 Å². The van der Waals surface area contributed by atoms with Gasteiger partial charge < -0.3 is 4.74 Å². The molecule has 1 aromatic carbocycles. The van der Waals surface area contributed by atoms with Crippen LogP contribution in [0.4, 0.5) is 4.39 Å². The molecule has 3 N–H and O–H groups in total. The van der Waals surface area contributed by atoms with Crippen LogP contribution >= 0.6 is 15.9 Å². The van der Waals surface area contributed by atoms with Gasteiger partial charge in [0.25, 0.3) is 0 Å². The first-order chi connectivity index (χ1) is 8.58. The standard InChI is InChI=1S/C13H18BrFN2O/c1-8-2-3-13(18-8)12(17-16)6-9-4-10(14)7-11(15)5-9/h4-5,7-8,12-13,17H,2-3,6,16H2,1H3. The molecule has 1 heterocycles. The molecular weight excluding hydrogens is 299 g/mol. The van der Waals surface area contributed by atoms with Gasteiger partial charge in [0.1, 0.15) is 5.82 Å². The van der Waals surface area contributed by atoms with Crippen LogP contribution in [-0.4, -0.2) is 18.2 Å².